The first-order valence-corrected chi connectivity index (χ1v) is 16.8. The van der Waals surface area contributed by atoms with Crippen LogP contribution >= 0.6 is 0 Å². The number of aromatic nitrogens is 4. The summed E-state index contributed by atoms with van der Waals surface area (Å²) in [6, 6.07) is 19.0. The molecule has 0 radical (unpaired) electrons. The van der Waals surface area contributed by atoms with Crippen LogP contribution in [0.15, 0.2) is 71.6 Å². The quantitative estimate of drug-likeness (QED) is 0.192. The maximum atomic E-state index is 13.7. The molecule has 1 saturated carbocycles. The number of carbonyl (C=O) groups excluding carboxylic acids is 2. The number of rotatable bonds is 11. The van der Waals surface area contributed by atoms with E-state index in [0.29, 0.717) is 24.0 Å². The van der Waals surface area contributed by atoms with Crippen molar-refractivity contribution >= 4 is 27.5 Å². The van der Waals surface area contributed by atoms with Crippen molar-refractivity contribution in [1.29, 1.82) is 0 Å². The number of nitrogens with zero attached hydrogens (tertiary/aromatic N) is 4. The summed E-state index contributed by atoms with van der Waals surface area (Å²) in [6.07, 6.45) is 3.54. The van der Waals surface area contributed by atoms with Gasteiger partial charge in [0.2, 0.25) is 27.7 Å². The molecule has 242 valence electrons. The van der Waals surface area contributed by atoms with E-state index in [-0.39, 0.29) is 29.0 Å². The van der Waals surface area contributed by atoms with Gasteiger partial charge in [-0.3, -0.25) is 9.59 Å². The Morgan fingerprint density at radius 2 is 1.74 bits per heavy atom. The van der Waals surface area contributed by atoms with Crippen molar-refractivity contribution in [2.45, 2.75) is 50.0 Å². The number of carbonyl (C=O) groups is 2. The van der Waals surface area contributed by atoms with Crippen molar-refractivity contribution in [2.75, 3.05) is 26.0 Å². The molecule has 0 spiro atoms. The van der Waals surface area contributed by atoms with Gasteiger partial charge in [0.1, 0.15) is 6.04 Å². The number of amides is 2. The van der Waals surface area contributed by atoms with Gasteiger partial charge in [-0.05, 0) is 109 Å². The zero-order valence-corrected chi connectivity index (χ0v) is 27.0. The van der Waals surface area contributed by atoms with Gasteiger partial charge >= 0.3 is 0 Å². The van der Waals surface area contributed by atoms with Gasteiger partial charge < -0.3 is 16.4 Å². The van der Waals surface area contributed by atoms with Crippen LogP contribution in [-0.2, 0) is 26.0 Å². The minimum Gasteiger partial charge on any atom is -0.344 e. The van der Waals surface area contributed by atoms with E-state index in [4.69, 9.17) is 5.73 Å². The molecule has 4 aromatic rings. The number of tetrazole rings is 1. The number of benzene rings is 3. The molecule has 12 nitrogen and oxygen atoms in total. The lowest BCUT2D eigenvalue weighted by Crippen LogP contribution is -2.48. The maximum Gasteiger partial charge on any atom is 0.247 e. The number of sulfonamides is 1. The van der Waals surface area contributed by atoms with Crippen molar-refractivity contribution in [2.24, 2.45) is 17.6 Å². The summed E-state index contributed by atoms with van der Waals surface area (Å²) in [5, 5.41) is 19.9. The Morgan fingerprint density at radius 1 is 1.00 bits per heavy atom. The molecule has 1 heterocycles. The van der Waals surface area contributed by atoms with Crippen LogP contribution in [0.25, 0.3) is 22.5 Å². The van der Waals surface area contributed by atoms with Gasteiger partial charge in [-0.2, -0.15) is 5.21 Å². The molecule has 1 aliphatic rings. The molecule has 1 aromatic heterocycles. The second kappa shape index (κ2) is 14.3. The summed E-state index contributed by atoms with van der Waals surface area (Å²) in [7, 11) is -0.558. The van der Waals surface area contributed by atoms with Gasteiger partial charge in [0, 0.05) is 37.7 Å². The summed E-state index contributed by atoms with van der Waals surface area (Å²) in [5.41, 5.74) is 10.6. The highest BCUT2D eigenvalue weighted by Gasteiger charge is 2.29. The minimum atomic E-state index is -3.57. The average Bonchev–Trinajstić information content (AvgIpc) is 3.60. The van der Waals surface area contributed by atoms with Crippen molar-refractivity contribution < 1.29 is 18.0 Å². The molecule has 0 saturated heterocycles. The Balaban J connectivity index is 1.36. The molecular formula is C33H40N8O4S. The number of aromatic amines is 1. The normalized spacial score (nSPS) is 17.4. The second-order valence-electron chi connectivity index (χ2n) is 12.0. The molecular weight excluding hydrogens is 604 g/mol. The number of nitrogens with one attached hydrogen (secondary N) is 3. The number of hydrogen-bond donors (Lipinski definition) is 4. The van der Waals surface area contributed by atoms with Gasteiger partial charge in [0.15, 0.2) is 0 Å². The number of H-pyrrole nitrogens is 1. The third-order valence-electron chi connectivity index (χ3n) is 8.59. The summed E-state index contributed by atoms with van der Waals surface area (Å²) >= 11 is 0. The molecule has 2 amide bonds. The lowest BCUT2D eigenvalue weighted by Gasteiger charge is -2.28. The highest BCUT2D eigenvalue weighted by molar-refractivity contribution is 7.89. The van der Waals surface area contributed by atoms with E-state index in [1.54, 1.807) is 42.5 Å². The van der Waals surface area contributed by atoms with Crippen molar-refractivity contribution in [1.82, 2.24) is 30.2 Å². The van der Waals surface area contributed by atoms with Crippen LogP contribution in [0.5, 0.6) is 0 Å². The maximum absolute atomic E-state index is 13.7. The van der Waals surface area contributed by atoms with Crippen LogP contribution in [-0.4, -0.2) is 71.8 Å². The number of aryl methyl sites for hydroxylation is 1. The molecule has 5 N–H and O–H groups in total. The fourth-order valence-corrected chi connectivity index (χ4v) is 6.80. The summed E-state index contributed by atoms with van der Waals surface area (Å²) in [6.45, 7) is 2.49. The van der Waals surface area contributed by atoms with E-state index in [1.807, 2.05) is 31.2 Å². The monoisotopic (exact) mass is 644 g/mol. The third kappa shape index (κ3) is 7.66. The lowest BCUT2D eigenvalue weighted by atomic mass is 9.81. The van der Waals surface area contributed by atoms with Gasteiger partial charge in [0.25, 0.3) is 0 Å². The molecule has 1 aliphatic carbocycles. The molecule has 5 rings (SSSR count). The van der Waals surface area contributed by atoms with Crippen LogP contribution in [0, 0.1) is 18.8 Å². The second-order valence-corrected chi connectivity index (χ2v) is 14.1. The van der Waals surface area contributed by atoms with E-state index in [1.165, 1.54) is 18.4 Å². The van der Waals surface area contributed by atoms with Crippen LogP contribution in [0.1, 0.15) is 36.8 Å². The number of hydrogen-bond acceptors (Lipinski definition) is 8. The summed E-state index contributed by atoms with van der Waals surface area (Å²) in [4.78, 5) is 27.3. The smallest absolute Gasteiger partial charge is 0.247 e. The molecule has 46 heavy (non-hydrogen) atoms. The van der Waals surface area contributed by atoms with Crippen molar-refractivity contribution in [3.63, 3.8) is 0 Å². The first-order valence-electron chi connectivity index (χ1n) is 15.3. The highest BCUT2D eigenvalue weighted by Crippen LogP contribution is 2.30. The summed E-state index contributed by atoms with van der Waals surface area (Å²) in [5.74, 6) is 0.237. The predicted molar refractivity (Wildman–Crippen MR) is 176 cm³/mol. The van der Waals surface area contributed by atoms with Crippen LogP contribution in [0.2, 0.25) is 0 Å². The Kier molecular flexibility index (Phi) is 10.2. The SMILES string of the molecule is Cc1cc(S(=O)(=O)N(C)C)ccc1-c1cccc(CC(NC(=O)C2CCC(CN)CC2)C(=O)Nc2ccc(-c3nn[nH]n3)cc2)c1. The predicted octanol–water partition coefficient (Wildman–Crippen LogP) is 3.52. The van der Waals surface area contributed by atoms with Gasteiger partial charge in [-0.15, -0.1) is 10.2 Å². The average molecular weight is 645 g/mol. The Labute approximate surface area is 269 Å². The molecule has 13 heteroatoms. The Morgan fingerprint density at radius 3 is 2.37 bits per heavy atom. The van der Waals surface area contributed by atoms with E-state index < -0.39 is 16.1 Å². The molecule has 3 aromatic carbocycles. The fourth-order valence-electron chi connectivity index (χ4n) is 5.81. The minimum absolute atomic E-state index is 0.132. The molecule has 1 unspecified atom stereocenters. The first kappa shape index (κ1) is 32.9. The zero-order valence-electron chi connectivity index (χ0n) is 26.2. The van der Waals surface area contributed by atoms with E-state index in [2.05, 4.69) is 31.3 Å². The molecule has 1 fully saturated rings. The van der Waals surface area contributed by atoms with Gasteiger partial charge in [0.05, 0.1) is 4.90 Å². The molecule has 0 bridgehead atoms. The van der Waals surface area contributed by atoms with Crippen LogP contribution in [0.3, 0.4) is 0 Å². The topological polar surface area (TPSA) is 176 Å². The van der Waals surface area contributed by atoms with Gasteiger partial charge in [-0.1, -0.05) is 30.3 Å². The Hall–Kier alpha value is -4.46. The van der Waals surface area contributed by atoms with E-state index >= 15 is 0 Å². The zero-order chi connectivity index (χ0) is 32.8. The third-order valence-corrected chi connectivity index (χ3v) is 10.4. The van der Waals surface area contributed by atoms with Crippen LogP contribution < -0.4 is 16.4 Å². The molecule has 1 atom stereocenters. The molecule has 0 aliphatic heterocycles. The van der Waals surface area contributed by atoms with E-state index in [0.717, 1.165) is 53.5 Å². The van der Waals surface area contributed by atoms with Crippen molar-refractivity contribution in [3.8, 4) is 22.5 Å². The first-order chi connectivity index (χ1) is 22.0. The van der Waals surface area contributed by atoms with Crippen molar-refractivity contribution in [3.05, 3.63) is 77.9 Å². The number of anilines is 1. The highest BCUT2D eigenvalue weighted by atomic mass is 32.2. The van der Waals surface area contributed by atoms with E-state index in [9.17, 15) is 18.0 Å². The largest absolute Gasteiger partial charge is 0.344 e. The number of nitrogens with two attached hydrogens (primary N) is 1. The van der Waals surface area contributed by atoms with Crippen LogP contribution in [0.4, 0.5) is 5.69 Å². The Bertz CT molecular complexity index is 1770. The standard InChI is InChI=1S/C33H40N8O4S/c1-21-17-28(46(44,45)41(2)3)15-16-29(21)26-6-4-5-23(18-26)19-30(36-32(42)25-9-7-22(20-34)8-10-25)33(43)35-27-13-11-24(12-14-27)31-37-39-40-38-31/h4-6,11-18,22,25,30H,7-10,19-20,34H2,1-3H3,(H,35,43)(H,36,42)(H,37,38,39,40). The van der Waals surface area contributed by atoms with Gasteiger partial charge in [-0.25, -0.2) is 12.7 Å². The lowest BCUT2D eigenvalue weighted by molar-refractivity contribution is -0.130. The fraction of sp³-hybridized carbons (Fsp3) is 0.364. The summed E-state index contributed by atoms with van der Waals surface area (Å²) < 4.78 is 26.5.